The van der Waals surface area contributed by atoms with Crippen LogP contribution >= 0.6 is 0 Å². The molecule has 0 aromatic heterocycles. The first kappa shape index (κ1) is 37.5. The van der Waals surface area contributed by atoms with Gasteiger partial charge in [0.1, 0.15) is 0 Å². The van der Waals surface area contributed by atoms with Gasteiger partial charge >= 0.3 is 0 Å². The van der Waals surface area contributed by atoms with Crippen LogP contribution in [0.4, 0.5) is 17.1 Å². The van der Waals surface area contributed by atoms with Crippen LogP contribution in [0.5, 0.6) is 0 Å². The minimum Gasteiger partial charge on any atom is -0.311 e. The van der Waals surface area contributed by atoms with E-state index in [1.165, 1.54) is 72.3 Å². The first-order valence-electron chi connectivity index (χ1n) is 21.2. The molecule has 0 saturated heterocycles. The third-order valence-electron chi connectivity index (χ3n) is 11.9. The summed E-state index contributed by atoms with van der Waals surface area (Å²) < 4.78 is 0. The summed E-state index contributed by atoms with van der Waals surface area (Å²) in [6.07, 6.45) is 8.01. The van der Waals surface area contributed by atoms with Crippen LogP contribution in [0.2, 0.25) is 0 Å². The normalized spacial score (nSPS) is 13.4. The molecular weight excluding hydrogens is 735 g/mol. The highest BCUT2D eigenvalue weighted by Gasteiger charge is 2.16. The van der Waals surface area contributed by atoms with Crippen LogP contribution < -0.4 is 4.90 Å². The zero-order chi connectivity index (χ0) is 40.8. The number of benzene rings is 9. The number of nitrogens with zero attached hydrogens (tertiary/aromatic N) is 1. The van der Waals surface area contributed by atoms with Crippen LogP contribution in [0, 0.1) is 0 Å². The summed E-state index contributed by atoms with van der Waals surface area (Å²) >= 11 is 0. The van der Waals surface area contributed by atoms with Gasteiger partial charge in [0.25, 0.3) is 0 Å². The summed E-state index contributed by atoms with van der Waals surface area (Å²) in [5.74, 6) is 0.419. The standard InChI is InChI=1S/C60H45N/c1-4-10-44(11-5-1)47-16-22-50(23-17-47)51-28-30-54(31-29-51)57-36-42-60(43-37-57)61(58-38-32-55(33-39-58)52-24-18-48(19-25-52)45-12-6-2-7-13-45)59-40-34-56(35-41-59)53-26-20-49(21-27-53)46-14-8-3-9-15-46/h1-20,22-43,49H,21H2. The quantitative estimate of drug-likeness (QED) is 0.134. The predicted octanol–water partition coefficient (Wildman–Crippen LogP) is 16.6. The Balaban J connectivity index is 0.913. The molecule has 0 amide bonds. The van der Waals surface area contributed by atoms with E-state index >= 15 is 0 Å². The molecule has 0 spiro atoms. The molecule has 0 bridgehead atoms. The van der Waals surface area contributed by atoms with Gasteiger partial charge in [-0.2, -0.15) is 0 Å². The van der Waals surface area contributed by atoms with E-state index in [1.807, 2.05) is 0 Å². The summed E-state index contributed by atoms with van der Waals surface area (Å²) in [6, 6.07) is 85.4. The zero-order valence-corrected chi connectivity index (χ0v) is 34.0. The van der Waals surface area contributed by atoms with Gasteiger partial charge in [-0.15, -0.1) is 0 Å². The molecule has 290 valence electrons. The largest absolute Gasteiger partial charge is 0.311 e. The molecular formula is C60H45N. The second-order valence-electron chi connectivity index (χ2n) is 15.7. The van der Waals surface area contributed by atoms with Crippen molar-refractivity contribution in [3.8, 4) is 55.6 Å². The minimum absolute atomic E-state index is 0.419. The van der Waals surface area contributed by atoms with Gasteiger partial charge in [-0.25, -0.2) is 0 Å². The van der Waals surface area contributed by atoms with Crippen LogP contribution in [0.25, 0.3) is 61.2 Å². The van der Waals surface area contributed by atoms with Gasteiger partial charge in [-0.05, 0) is 115 Å². The molecule has 1 atom stereocenters. The maximum absolute atomic E-state index is 2.38. The first-order valence-corrected chi connectivity index (χ1v) is 21.2. The highest BCUT2D eigenvalue weighted by Crippen LogP contribution is 2.39. The summed E-state index contributed by atoms with van der Waals surface area (Å²) in [4.78, 5) is 2.36. The lowest BCUT2D eigenvalue weighted by Crippen LogP contribution is -2.10. The van der Waals surface area contributed by atoms with E-state index in [2.05, 4.69) is 260 Å². The Bertz CT molecular complexity index is 2890. The molecule has 9 aromatic carbocycles. The highest BCUT2D eigenvalue weighted by molar-refractivity contribution is 5.83. The highest BCUT2D eigenvalue weighted by atomic mass is 15.1. The summed E-state index contributed by atoms with van der Waals surface area (Å²) in [7, 11) is 0. The molecule has 0 heterocycles. The molecule has 0 N–H and O–H groups in total. The average molecular weight is 780 g/mol. The summed E-state index contributed by atoms with van der Waals surface area (Å²) in [6.45, 7) is 0. The van der Waals surface area contributed by atoms with Gasteiger partial charge in [0.05, 0.1) is 0 Å². The number of anilines is 3. The summed E-state index contributed by atoms with van der Waals surface area (Å²) in [5.41, 5.74) is 19.3. The SMILES string of the molecule is C1=CC(c2ccccc2)CC=C1c1ccc(N(c2ccc(-c3ccc(-c4ccccc4)cc3)cc2)c2ccc(-c3ccc(-c4ccc(-c5ccccc5)cc4)cc3)cc2)cc1. The van der Waals surface area contributed by atoms with Crippen LogP contribution in [0.15, 0.2) is 255 Å². The van der Waals surface area contributed by atoms with Crippen LogP contribution in [0.3, 0.4) is 0 Å². The Morgan fingerprint density at radius 3 is 0.869 bits per heavy atom. The van der Waals surface area contributed by atoms with Crippen molar-refractivity contribution < 1.29 is 0 Å². The van der Waals surface area contributed by atoms with E-state index in [0.717, 1.165) is 23.5 Å². The number of allylic oxidation sites excluding steroid dienone is 4. The van der Waals surface area contributed by atoms with Crippen LogP contribution in [-0.4, -0.2) is 0 Å². The van der Waals surface area contributed by atoms with Crippen molar-refractivity contribution in [2.24, 2.45) is 0 Å². The Morgan fingerprint density at radius 2 is 0.557 bits per heavy atom. The van der Waals surface area contributed by atoms with Gasteiger partial charge in [0.2, 0.25) is 0 Å². The molecule has 0 saturated carbocycles. The second-order valence-corrected chi connectivity index (χ2v) is 15.7. The van der Waals surface area contributed by atoms with Crippen molar-refractivity contribution in [2.45, 2.75) is 12.3 Å². The zero-order valence-electron chi connectivity index (χ0n) is 34.0. The maximum Gasteiger partial charge on any atom is 0.0462 e. The monoisotopic (exact) mass is 779 g/mol. The lowest BCUT2D eigenvalue weighted by atomic mass is 9.88. The lowest BCUT2D eigenvalue weighted by molar-refractivity contribution is 0.856. The molecule has 1 aliphatic rings. The average Bonchev–Trinajstić information content (AvgIpc) is 3.36. The molecule has 9 aromatic rings. The third kappa shape index (κ3) is 8.28. The smallest absolute Gasteiger partial charge is 0.0462 e. The van der Waals surface area contributed by atoms with Crippen molar-refractivity contribution in [1.29, 1.82) is 0 Å². The number of rotatable bonds is 10. The van der Waals surface area contributed by atoms with Gasteiger partial charge in [0.15, 0.2) is 0 Å². The minimum atomic E-state index is 0.419. The third-order valence-corrected chi connectivity index (χ3v) is 11.9. The van der Waals surface area contributed by atoms with Gasteiger partial charge in [0, 0.05) is 23.0 Å². The Labute approximate surface area is 359 Å². The van der Waals surface area contributed by atoms with Gasteiger partial charge in [-0.3, -0.25) is 0 Å². The van der Waals surface area contributed by atoms with E-state index in [4.69, 9.17) is 0 Å². The molecule has 1 heteroatoms. The molecule has 0 aliphatic heterocycles. The first-order chi connectivity index (χ1) is 30.2. The molecule has 1 nitrogen and oxygen atoms in total. The van der Waals surface area contributed by atoms with Crippen molar-refractivity contribution in [3.63, 3.8) is 0 Å². The van der Waals surface area contributed by atoms with E-state index in [1.54, 1.807) is 0 Å². The van der Waals surface area contributed by atoms with Gasteiger partial charge in [-0.1, -0.05) is 218 Å². The fraction of sp³-hybridized carbons (Fsp3) is 0.0333. The summed E-state index contributed by atoms with van der Waals surface area (Å²) in [5, 5.41) is 0. The second kappa shape index (κ2) is 17.2. The van der Waals surface area contributed by atoms with Crippen molar-refractivity contribution >= 4 is 22.6 Å². The molecule has 1 aliphatic carbocycles. The van der Waals surface area contributed by atoms with E-state index in [0.29, 0.717) is 5.92 Å². The van der Waals surface area contributed by atoms with Crippen LogP contribution in [0.1, 0.15) is 23.5 Å². The van der Waals surface area contributed by atoms with Crippen molar-refractivity contribution in [1.82, 2.24) is 0 Å². The molecule has 10 rings (SSSR count). The maximum atomic E-state index is 2.38. The molecule has 0 radical (unpaired) electrons. The van der Waals surface area contributed by atoms with Crippen molar-refractivity contribution in [2.75, 3.05) is 4.90 Å². The lowest BCUT2D eigenvalue weighted by Gasteiger charge is -2.26. The molecule has 61 heavy (non-hydrogen) atoms. The number of hydrogen-bond acceptors (Lipinski definition) is 1. The van der Waals surface area contributed by atoms with Crippen LogP contribution in [-0.2, 0) is 0 Å². The Hall–Kier alpha value is -7.74. The molecule has 1 unspecified atom stereocenters. The topological polar surface area (TPSA) is 3.24 Å². The predicted molar refractivity (Wildman–Crippen MR) is 259 cm³/mol. The van der Waals surface area contributed by atoms with E-state index < -0.39 is 0 Å². The Kier molecular flexibility index (Phi) is 10.6. The van der Waals surface area contributed by atoms with Gasteiger partial charge < -0.3 is 4.90 Å². The Morgan fingerprint density at radius 1 is 0.279 bits per heavy atom. The van der Waals surface area contributed by atoms with E-state index in [9.17, 15) is 0 Å². The fourth-order valence-corrected chi connectivity index (χ4v) is 8.46. The van der Waals surface area contributed by atoms with E-state index in [-0.39, 0.29) is 0 Å². The van der Waals surface area contributed by atoms with Crippen molar-refractivity contribution in [3.05, 3.63) is 266 Å². The number of hydrogen-bond donors (Lipinski definition) is 0. The molecule has 0 fully saturated rings. The fourth-order valence-electron chi connectivity index (χ4n) is 8.46.